The molecule has 6 heteroatoms. The highest BCUT2D eigenvalue weighted by Crippen LogP contribution is 2.38. The summed E-state index contributed by atoms with van der Waals surface area (Å²) < 4.78 is 57.9. The number of hydrogen-bond donors (Lipinski definition) is 0. The molecule has 0 radical (unpaired) electrons. The molecule has 0 aliphatic carbocycles. The summed E-state index contributed by atoms with van der Waals surface area (Å²) in [6, 6.07) is 8.45. The Labute approximate surface area is 183 Å². The molecule has 1 unspecified atom stereocenters. The minimum atomic E-state index is -1.25. The summed E-state index contributed by atoms with van der Waals surface area (Å²) in [6.45, 7) is 2.19. The van der Waals surface area contributed by atoms with E-state index in [2.05, 4.69) is 6.92 Å². The number of unbranched alkanes of at least 4 members (excludes halogenated alkanes) is 5. The van der Waals surface area contributed by atoms with Crippen LogP contribution in [0.25, 0.3) is 11.1 Å². The Bertz CT molecular complexity index is 796. The van der Waals surface area contributed by atoms with Crippen LogP contribution >= 0.6 is 0 Å². The van der Waals surface area contributed by atoms with Crippen LogP contribution in [0.2, 0.25) is 0 Å². The lowest BCUT2D eigenvalue weighted by atomic mass is 9.89. The Morgan fingerprint density at radius 3 is 1.87 bits per heavy atom. The van der Waals surface area contributed by atoms with Gasteiger partial charge in [0.25, 0.3) is 5.97 Å². The second-order valence-corrected chi connectivity index (χ2v) is 7.69. The summed E-state index contributed by atoms with van der Waals surface area (Å²) in [4.78, 5) is 0. The number of ether oxygens (including phenoxy) is 3. The molecule has 0 aliphatic rings. The van der Waals surface area contributed by atoms with Crippen LogP contribution in [-0.4, -0.2) is 27.3 Å². The molecule has 2 aromatic carbocycles. The van der Waals surface area contributed by atoms with Gasteiger partial charge in [-0.2, -0.15) is 0 Å². The molecule has 0 aliphatic heterocycles. The highest BCUT2D eigenvalue weighted by molar-refractivity contribution is 5.64. The van der Waals surface area contributed by atoms with E-state index in [1.54, 1.807) is 12.1 Å². The monoisotopic (exact) mass is 438 g/mol. The molecular weight excluding hydrogens is 405 g/mol. The Morgan fingerprint density at radius 2 is 1.29 bits per heavy atom. The van der Waals surface area contributed by atoms with Crippen molar-refractivity contribution in [3.05, 3.63) is 59.4 Å². The van der Waals surface area contributed by atoms with Gasteiger partial charge < -0.3 is 14.2 Å². The molecule has 0 heterocycles. The van der Waals surface area contributed by atoms with E-state index in [0.29, 0.717) is 11.6 Å². The van der Waals surface area contributed by atoms with Crippen molar-refractivity contribution < 1.29 is 27.4 Å². The van der Waals surface area contributed by atoms with Crippen LogP contribution in [0.4, 0.5) is 13.2 Å². The minimum Gasteiger partial charge on any atom is -0.330 e. The molecular formula is C25H33F3O3. The number of halogens is 3. The molecule has 0 spiro atoms. The molecule has 172 valence electrons. The van der Waals surface area contributed by atoms with E-state index >= 15 is 0 Å². The second kappa shape index (κ2) is 12.2. The average Bonchev–Trinajstić information content (AvgIpc) is 2.78. The Balaban J connectivity index is 2.26. The third kappa shape index (κ3) is 6.31. The average molecular weight is 439 g/mol. The summed E-state index contributed by atoms with van der Waals surface area (Å²) in [7, 11) is 4.60. The molecule has 0 amide bonds. The molecule has 3 nitrogen and oxygen atoms in total. The molecule has 1 atom stereocenters. The van der Waals surface area contributed by atoms with Crippen LogP contribution in [0.15, 0.2) is 36.4 Å². The van der Waals surface area contributed by atoms with E-state index in [4.69, 9.17) is 14.2 Å². The van der Waals surface area contributed by atoms with Crippen LogP contribution in [0.1, 0.15) is 63.4 Å². The second-order valence-electron chi connectivity index (χ2n) is 7.69. The molecule has 0 bridgehead atoms. The first-order chi connectivity index (χ1) is 14.9. The van der Waals surface area contributed by atoms with Gasteiger partial charge in [-0.15, -0.1) is 0 Å². The summed E-state index contributed by atoms with van der Waals surface area (Å²) in [5, 5.41) is 0. The fraction of sp³-hybridized carbons (Fsp3) is 0.520. The Hall–Kier alpha value is -1.89. The third-order valence-electron chi connectivity index (χ3n) is 5.76. The first kappa shape index (κ1) is 25.4. The first-order valence-corrected chi connectivity index (χ1v) is 10.8. The van der Waals surface area contributed by atoms with Crippen molar-refractivity contribution in [1.82, 2.24) is 0 Å². The van der Waals surface area contributed by atoms with Gasteiger partial charge in [0, 0.05) is 33.0 Å². The van der Waals surface area contributed by atoms with Crippen LogP contribution in [0, 0.1) is 17.5 Å². The molecule has 0 fully saturated rings. The zero-order valence-corrected chi connectivity index (χ0v) is 18.8. The van der Waals surface area contributed by atoms with Crippen molar-refractivity contribution in [2.75, 3.05) is 21.3 Å². The lowest BCUT2D eigenvalue weighted by Gasteiger charge is -2.36. The van der Waals surface area contributed by atoms with Crippen molar-refractivity contribution in [2.24, 2.45) is 0 Å². The lowest BCUT2D eigenvalue weighted by Crippen LogP contribution is -2.42. The van der Waals surface area contributed by atoms with Crippen molar-refractivity contribution >= 4 is 0 Å². The number of benzene rings is 2. The lowest BCUT2D eigenvalue weighted by molar-refractivity contribution is -0.365. The largest absolute Gasteiger partial charge is 0.330 e. The van der Waals surface area contributed by atoms with Gasteiger partial charge in [-0.3, -0.25) is 0 Å². The highest BCUT2D eigenvalue weighted by Gasteiger charge is 2.40. The van der Waals surface area contributed by atoms with Crippen molar-refractivity contribution in [3.63, 3.8) is 0 Å². The maximum absolute atomic E-state index is 14.2. The SMILES string of the molecule is CCCCCCCCC(c1ccc(-c2cc(F)c(F)cc2F)cc1)C(OC)(OC)OC. The molecule has 2 aromatic rings. The fourth-order valence-corrected chi connectivity index (χ4v) is 3.99. The number of methoxy groups -OCH3 is 3. The van der Waals surface area contributed by atoms with E-state index < -0.39 is 23.4 Å². The molecule has 2 rings (SSSR count). The van der Waals surface area contributed by atoms with E-state index in [9.17, 15) is 13.2 Å². The zero-order chi connectivity index (χ0) is 22.9. The smallest absolute Gasteiger partial charge is 0.289 e. The topological polar surface area (TPSA) is 27.7 Å². The van der Waals surface area contributed by atoms with E-state index in [0.717, 1.165) is 30.9 Å². The zero-order valence-electron chi connectivity index (χ0n) is 18.8. The van der Waals surface area contributed by atoms with Crippen LogP contribution in [-0.2, 0) is 14.2 Å². The van der Waals surface area contributed by atoms with Crippen LogP contribution < -0.4 is 0 Å². The standard InChI is InChI=1S/C25H33F3O3/c1-5-6-7-8-9-10-11-21(25(29-2,30-3)31-4)19-14-12-18(13-15-19)20-16-23(27)24(28)17-22(20)26/h12-17,21H,5-11H2,1-4H3. The molecule has 0 saturated carbocycles. The van der Waals surface area contributed by atoms with Crippen molar-refractivity contribution in [3.8, 4) is 11.1 Å². The van der Waals surface area contributed by atoms with E-state index in [1.807, 2.05) is 12.1 Å². The van der Waals surface area contributed by atoms with Crippen molar-refractivity contribution in [1.29, 1.82) is 0 Å². The van der Waals surface area contributed by atoms with Gasteiger partial charge in [0.1, 0.15) is 5.82 Å². The Kier molecular flexibility index (Phi) is 10.0. The number of hydrogen-bond acceptors (Lipinski definition) is 3. The summed E-state index contributed by atoms with van der Waals surface area (Å²) in [5.74, 6) is -4.57. The fourth-order valence-electron chi connectivity index (χ4n) is 3.99. The van der Waals surface area contributed by atoms with E-state index in [1.165, 1.54) is 47.0 Å². The van der Waals surface area contributed by atoms with Gasteiger partial charge in [0.05, 0.1) is 5.92 Å². The van der Waals surface area contributed by atoms with Gasteiger partial charge in [0.15, 0.2) is 11.6 Å². The van der Waals surface area contributed by atoms with Gasteiger partial charge >= 0.3 is 0 Å². The third-order valence-corrected chi connectivity index (χ3v) is 5.76. The summed E-state index contributed by atoms with van der Waals surface area (Å²) in [5.41, 5.74) is 1.36. The molecule has 0 N–H and O–H groups in total. The number of rotatable bonds is 13. The Morgan fingerprint density at radius 1 is 0.742 bits per heavy atom. The predicted molar refractivity (Wildman–Crippen MR) is 116 cm³/mol. The van der Waals surface area contributed by atoms with Gasteiger partial charge in [-0.1, -0.05) is 69.7 Å². The van der Waals surface area contributed by atoms with Crippen molar-refractivity contribution in [2.45, 2.75) is 63.8 Å². The minimum absolute atomic E-state index is 0.00871. The highest BCUT2D eigenvalue weighted by atomic mass is 19.2. The molecule has 31 heavy (non-hydrogen) atoms. The quantitative estimate of drug-likeness (QED) is 0.188. The predicted octanol–water partition coefficient (Wildman–Crippen LogP) is 7.20. The maximum Gasteiger partial charge on any atom is 0.289 e. The van der Waals surface area contributed by atoms with Crippen LogP contribution in [0.5, 0.6) is 0 Å². The van der Waals surface area contributed by atoms with Gasteiger partial charge in [-0.25, -0.2) is 13.2 Å². The van der Waals surface area contributed by atoms with Crippen LogP contribution in [0.3, 0.4) is 0 Å². The normalized spacial score (nSPS) is 12.9. The molecule has 0 saturated heterocycles. The first-order valence-electron chi connectivity index (χ1n) is 10.8. The van der Waals surface area contributed by atoms with Gasteiger partial charge in [0.2, 0.25) is 0 Å². The summed E-state index contributed by atoms with van der Waals surface area (Å²) in [6.07, 6.45) is 7.69. The maximum atomic E-state index is 14.2. The molecule has 0 aromatic heterocycles. The van der Waals surface area contributed by atoms with E-state index in [-0.39, 0.29) is 11.5 Å². The van der Waals surface area contributed by atoms with Gasteiger partial charge in [-0.05, 0) is 23.6 Å². The summed E-state index contributed by atoms with van der Waals surface area (Å²) >= 11 is 0.